The first-order valence-electron chi connectivity index (χ1n) is 4.04. The topological polar surface area (TPSA) is 66.8 Å². The lowest BCUT2D eigenvalue weighted by molar-refractivity contribution is -0.116. The average Bonchev–Trinajstić information content (AvgIpc) is 2.32. The van der Waals surface area contributed by atoms with E-state index in [2.05, 4.69) is 0 Å². The summed E-state index contributed by atoms with van der Waals surface area (Å²) in [6.45, 7) is 3.33. The molecule has 1 rings (SSSR count). The van der Waals surface area contributed by atoms with Gasteiger partial charge in [-0.1, -0.05) is 6.92 Å². The molecule has 5 unspecified atom stereocenters. The summed E-state index contributed by atoms with van der Waals surface area (Å²) < 4.78 is 5.21. The van der Waals surface area contributed by atoms with Gasteiger partial charge in [-0.15, -0.1) is 0 Å². The van der Waals surface area contributed by atoms with Gasteiger partial charge in [0.05, 0.1) is 12.2 Å². The third-order valence-electron chi connectivity index (χ3n) is 2.27. The number of hydrogen-bond donors (Lipinski definition) is 2. The molecule has 1 heterocycles. The Balaban J connectivity index is 2.63. The van der Waals surface area contributed by atoms with Crippen LogP contribution in [0.3, 0.4) is 0 Å². The summed E-state index contributed by atoms with van der Waals surface area (Å²) in [6, 6.07) is 0. The second kappa shape index (κ2) is 3.51. The summed E-state index contributed by atoms with van der Waals surface area (Å²) in [5.74, 6) is -0.375. The lowest BCUT2D eigenvalue weighted by Gasteiger charge is -2.16. The summed E-state index contributed by atoms with van der Waals surface area (Å²) in [6.07, 6.45) is -2.06. The Morgan fingerprint density at radius 1 is 1.42 bits per heavy atom. The Hall–Kier alpha value is -0.450. The molecule has 1 saturated heterocycles. The first kappa shape index (κ1) is 9.64. The maximum absolute atomic E-state index is 10.4. The molecule has 4 heteroatoms. The van der Waals surface area contributed by atoms with E-state index < -0.39 is 24.4 Å². The number of aliphatic hydroxyl groups is 2. The van der Waals surface area contributed by atoms with Crippen molar-refractivity contribution in [1.29, 1.82) is 0 Å². The van der Waals surface area contributed by atoms with Gasteiger partial charge >= 0.3 is 0 Å². The molecule has 0 bridgehead atoms. The molecule has 0 aliphatic carbocycles. The first-order valence-corrected chi connectivity index (χ1v) is 4.04. The Labute approximate surface area is 71.2 Å². The van der Waals surface area contributed by atoms with Crippen molar-refractivity contribution < 1.29 is 19.7 Å². The highest BCUT2D eigenvalue weighted by molar-refractivity contribution is 5.54. The average molecular weight is 174 g/mol. The number of aliphatic hydroxyl groups excluding tert-OH is 2. The number of carbonyl (C=O) groups excluding carboxylic acids is 1. The van der Waals surface area contributed by atoms with E-state index >= 15 is 0 Å². The molecule has 0 aromatic carbocycles. The predicted octanol–water partition coefficient (Wildman–Crippen LogP) is -0.670. The van der Waals surface area contributed by atoms with Crippen molar-refractivity contribution in [1.82, 2.24) is 0 Å². The quantitative estimate of drug-likeness (QED) is 0.545. The van der Waals surface area contributed by atoms with Gasteiger partial charge in [-0.3, -0.25) is 0 Å². The summed E-state index contributed by atoms with van der Waals surface area (Å²) in [4.78, 5) is 10.4. The van der Waals surface area contributed by atoms with Gasteiger partial charge in [0.15, 0.2) is 0 Å². The fourth-order valence-electron chi connectivity index (χ4n) is 1.39. The van der Waals surface area contributed by atoms with Gasteiger partial charge in [0.2, 0.25) is 0 Å². The van der Waals surface area contributed by atoms with Crippen LogP contribution in [0.25, 0.3) is 0 Å². The second-order valence-corrected chi connectivity index (χ2v) is 3.28. The number of rotatable bonds is 2. The van der Waals surface area contributed by atoms with E-state index in [9.17, 15) is 15.0 Å². The van der Waals surface area contributed by atoms with Crippen LogP contribution >= 0.6 is 0 Å². The molecule has 0 amide bonds. The molecule has 5 atom stereocenters. The lowest BCUT2D eigenvalue weighted by atomic mass is 9.99. The Morgan fingerprint density at radius 2 is 2.00 bits per heavy atom. The zero-order valence-corrected chi connectivity index (χ0v) is 7.18. The van der Waals surface area contributed by atoms with Gasteiger partial charge < -0.3 is 19.7 Å². The number of hydrogen-bond acceptors (Lipinski definition) is 4. The number of ether oxygens (including phenoxy) is 1. The number of carbonyl (C=O) groups is 1. The van der Waals surface area contributed by atoms with E-state index in [0.717, 1.165) is 6.29 Å². The summed E-state index contributed by atoms with van der Waals surface area (Å²) in [7, 11) is 0. The maximum Gasteiger partial charge on any atom is 0.125 e. The molecule has 1 aliphatic rings. The molecule has 0 saturated carbocycles. The van der Waals surface area contributed by atoms with Gasteiger partial charge in [0.1, 0.15) is 18.5 Å². The summed E-state index contributed by atoms with van der Waals surface area (Å²) >= 11 is 0. The fourth-order valence-corrected chi connectivity index (χ4v) is 1.39. The van der Waals surface area contributed by atoms with Crippen LogP contribution in [-0.4, -0.2) is 40.9 Å². The Bertz CT molecular complexity index is 170. The molecule has 4 nitrogen and oxygen atoms in total. The van der Waals surface area contributed by atoms with E-state index in [1.165, 1.54) is 0 Å². The number of aldehydes is 1. The summed E-state index contributed by atoms with van der Waals surface area (Å²) in [5, 5.41) is 18.7. The third-order valence-corrected chi connectivity index (χ3v) is 2.27. The largest absolute Gasteiger partial charge is 0.388 e. The van der Waals surface area contributed by atoms with Crippen LogP contribution in [0.5, 0.6) is 0 Å². The van der Waals surface area contributed by atoms with E-state index in [0.29, 0.717) is 0 Å². The minimum absolute atomic E-state index is 0.375. The molecule has 1 aliphatic heterocycles. The molecule has 0 aromatic heterocycles. The molecule has 1 fully saturated rings. The highest BCUT2D eigenvalue weighted by atomic mass is 16.5. The minimum Gasteiger partial charge on any atom is -0.388 e. The van der Waals surface area contributed by atoms with Crippen molar-refractivity contribution in [3.05, 3.63) is 0 Å². The van der Waals surface area contributed by atoms with Crippen LogP contribution in [0.2, 0.25) is 0 Å². The van der Waals surface area contributed by atoms with Gasteiger partial charge in [-0.2, -0.15) is 0 Å². The van der Waals surface area contributed by atoms with E-state index in [-0.39, 0.29) is 5.92 Å². The maximum atomic E-state index is 10.4. The van der Waals surface area contributed by atoms with Crippen LogP contribution < -0.4 is 0 Å². The molecule has 0 radical (unpaired) electrons. The van der Waals surface area contributed by atoms with Crippen molar-refractivity contribution in [2.75, 3.05) is 0 Å². The van der Waals surface area contributed by atoms with E-state index in [1.54, 1.807) is 13.8 Å². The molecule has 0 spiro atoms. The second-order valence-electron chi connectivity index (χ2n) is 3.28. The standard InChI is InChI=1S/C8H14O4/c1-4(3-9)8-7(11)6(10)5(2)12-8/h3-8,10-11H,1-2H3. The van der Waals surface area contributed by atoms with Crippen molar-refractivity contribution >= 4 is 6.29 Å². The van der Waals surface area contributed by atoms with Gasteiger partial charge in [-0.25, -0.2) is 0 Å². The Kier molecular flexibility index (Phi) is 2.82. The van der Waals surface area contributed by atoms with Crippen LogP contribution in [-0.2, 0) is 9.53 Å². The zero-order chi connectivity index (χ0) is 9.30. The van der Waals surface area contributed by atoms with Crippen molar-refractivity contribution in [3.63, 3.8) is 0 Å². The first-order chi connectivity index (χ1) is 5.57. The van der Waals surface area contributed by atoms with Crippen LogP contribution in [0.4, 0.5) is 0 Å². The molecule has 0 aromatic rings. The van der Waals surface area contributed by atoms with Crippen LogP contribution in [0.1, 0.15) is 13.8 Å². The normalized spacial score (nSPS) is 44.3. The lowest BCUT2D eigenvalue weighted by Crippen LogP contribution is -2.35. The van der Waals surface area contributed by atoms with Gasteiger partial charge in [0.25, 0.3) is 0 Å². The van der Waals surface area contributed by atoms with Crippen molar-refractivity contribution in [2.45, 2.75) is 38.3 Å². The van der Waals surface area contributed by atoms with Gasteiger partial charge in [-0.05, 0) is 6.92 Å². The molecular weight excluding hydrogens is 160 g/mol. The monoisotopic (exact) mass is 174 g/mol. The predicted molar refractivity (Wildman–Crippen MR) is 41.6 cm³/mol. The van der Waals surface area contributed by atoms with E-state index in [1.807, 2.05) is 0 Å². The molecule has 12 heavy (non-hydrogen) atoms. The fraction of sp³-hybridized carbons (Fsp3) is 0.875. The van der Waals surface area contributed by atoms with E-state index in [4.69, 9.17) is 4.74 Å². The van der Waals surface area contributed by atoms with Crippen molar-refractivity contribution in [2.24, 2.45) is 5.92 Å². The Morgan fingerprint density at radius 3 is 2.33 bits per heavy atom. The molecule has 2 N–H and O–H groups in total. The van der Waals surface area contributed by atoms with Gasteiger partial charge in [0, 0.05) is 5.92 Å². The van der Waals surface area contributed by atoms with Crippen LogP contribution in [0.15, 0.2) is 0 Å². The smallest absolute Gasteiger partial charge is 0.125 e. The summed E-state index contributed by atoms with van der Waals surface area (Å²) in [5.41, 5.74) is 0. The molecular formula is C8H14O4. The highest BCUT2D eigenvalue weighted by Crippen LogP contribution is 2.25. The van der Waals surface area contributed by atoms with Crippen molar-refractivity contribution in [3.8, 4) is 0 Å². The molecule has 70 valence electrons. The van der Waals surface area contributed by atoms with Crippen LogP contribution in [0, 0.1) is 5.92 Å². The zero-order valence-electron chi connectivity index (χ0n) is 7.18. The highest BCUT2D eigenvalue weighted by Gasteiger charge is 2.42. The minimum atomic E-state index is -0.944. The third kappa shape index (κ3) is 1.50. The SMILES string of the molecule is CC(C=O)C1OC(C)C(O)C1O.